The van der Waals surface area contributed by atoms with Crippen LogP contribution in [-0.2, 0) is 9.63 Å². The Kier molecular flexibility index (Phi) is 7.29. The van der Waals surface area contributed by atoms with E-state index in [1.165, 1.54) is 0 Å². The van der Waals surface area contributed by atoms with Gasteiger partial charge in [0.05, 0.1) is 18.9 Å². The van der Waals surface area contributed by atoms with Crippen molar-refractivity contribution in [3.63, 3.8) is 0 Å². The molecule has 1 amide bonds. The van der Waals surface area contributed by atoms with Gasteiger partial charge in [-0.15, -0.1) is 0 Å². The molecule has 0 spiro atoms. The van der Waals surface area contributed by atoms with Crippen molar-refractivity contribution in [2.75, 3.05) is 13.2 Å². The molecule has 5 nitrogen and oxygen atoms in total. The van der Waals surface area contributed by atoms with Gasteiger partial charge >= 0.3 is 0 Å². The Morgan fingerprint density at radius 1 is 1.28 bits per heavy atom. The van der Waals surface area contributed by atoms with E-state index in [4.69, 9.17) is 21.2 Å². The predicted molar refractivity (Wildman–Crippen MR) is 99.2 cm³/mol. The second-order valence-electron chi connectivity index (χ2n) is 5.35. The number of carbonyl (C=O) groups is 1. The minimum Gasteiger partial charge on any atom is -0.494 e. The highest BCUT2D eigenvalue weighted by Crippen LogP contribution is 2.17. The quantitative estimate of drug-likeness (QED) is 0.572. The minimum absolute atomic E-state index is 0.154. The van der Waals surface area contributed by atoms with E-state index in [0.29, 0.717) is 11.6 Å². The first-order valence-electron chi connectivity index (χ1n) is 8.01. The number of halogens is 1. The Labute approximate surface area is 152 Å². The van der Waals surface area contributed by atoms with Gasteiger partial charge in [0.2, 0.25) is 0 Å². The van der Waals surface area contributed by atoms with Crippen LogP contribution in [0.2, 0.25) is 5.02 Å². The third-order valence-corrected chi connectivity index (χ3v) is 3.62. The molecule has 0 radical (unpaired) electrons. The van der Waals surface area contributed by atoms with Crippen molar-refractivity contribution in [2.24, 2.45) is 5.16 Å². The van der Waals surface area contributed by atoms with Gasteiger partial charge in [0, 0.05) is 5.02 Å². The molecule has 0 heterocycles. The summed E-state index contributed by atoms with van der Waals surface area (Å²) in [6.45, 7) is 4.28. The van der Waals surface area contributed by atoms with E-state index < -0.39 is 0 Å². The zero-order chi connectivity index (χ0) is 18.1. The van der Waals surface area contributed by atoms with Crippen LogP contribution >= 0.6 is 11.6 Å². The molecule has 0 bridgehead atoms. The number of nitrogens with one attached hydrogen (secondary N) is 1. The Balaban J connectivity index is 1.76. The van der Waals surface area contributed by atoms with E-state index in [9.17, 15) is 4.79 Å². The Morgan fingerprint density at radius 3 is 2.72 bits per heavy atom. The molecule has 1 unspecified atom stereocenters. The summed E-state index contributed by atoms with van der Waals surface area (Å²) in [4.78, 5) is 16.9. The maximum Gasteiger partial charge on any atom is 0.261 e. The highest BCUT2D eigenvalue weighted by Gasteiger charge is 2.10. The van der Waals surface area contributed by atoms with Crippen LogP contribution in [0.5, 0.6) is 5.75 Å². The standard InChI is InChI=1S/C19H21ClN2O3/c1-3-24-18-9-7-15(8-10-18)12-21-25-13-19(23)22-14(2)16-5-4-6-17(20)11-16/h4-12,14H,3,13H2,1-2H3,(H,22,23)/b21-12+. The first-order valence-corrected chi connectivity index (χ1v) is 8.39. The molecule has 1 N–H and O–H groups in total. The van der Waals surface area contributed by atoms with Crippen LogP contribution in [0, 0.1) is 0 Å². The van der Waals surface area contributed by atoms with Crippen molar-refractivity contribution in [2.45, 2.75) is 19.9 Å². The molecule has 0 aliphatic heterocycles. The van der Waals surface area contributed by atoms with E-state index in [-0.39, 0.29) is 18.6 Å². The second-order valence-corrected chi connectivity index (χ2v) is 5.79. The van der Waals surface area contributed by atoms with Crippen LogP contribution in [0.15, 0.2) is 53.7 Å². The van der Waals surface area contributed by atoms with Crippen LogP contribution in [0.3, 0.4) is 0 Å². The summed E-state index contributed by atoms with van der Waals surface area (Å²) < 4.78 is 5.36. The van der Waals surface area contributed by atoms with E-state index in [1.54, 1.807) is 12.3 Å². The van der Waals surface area contributed by atoms with Crippen LogP contribution in [-0.4, -0.2) is 25.3 Å². The number of hydrogen-bond donors (Lipinski definition) is 1. The fourth-order valence-corrected chi connectivity index (χ4v) is 2.35. The molecule has 0 aromatic heterocycles. The normalized spacial score (nSPS) is 12.0. The molecule has 25 heavy (non-hydrogen) atoms. The fraction of sp³-hybridized carbons (Fsp3) is 0.263. The number of amides is 1. The van der Waals surface area contributed by atoms with Crippen molar-refractivity contribution < 1.29 is 14.4 Å². The Bertz CT molecular complexity index is 717. The smallest absolute Gasteiger partial charge is 0.261 e. The maximum absolute atomic E-state index is 11.9. The zero-order valence-corrected chi connectivity index (χ0v) is 15.0. The van der Waals surface area contributed by atoms with Crippen molar-refractivity contribution in [1.29, 1.82) is 0 Å². The largest absolute Gasteiger partial charge is 0.494 e. The van der Waals surface area contributed by atoms with Gasteiger partial charge < -0.3 is 14.9 Å². The van der Waals surface area contributed by atoms with Gasteiger partial charge in [-0.05, 0) is 61.4 Å². The van der Waals surface area contributed by atoms with Crippen LogP contribution in [0.1, 0.15) is 31.0 Å². The van der Waals surface area contributed by atoms with Crippen molar-refractivity contribution in [3.05, 3.63) is 64.7 Å². The first kappa shape index (κ1) is 18.8. The van der Waals surface area contributed by atoms with Crippen LogP contribution in [0.4, 0.5) is 0 Å². The number of oxime groups is 1. The maximum atomic E-state index is 11.9. The van der Waals surface area contributed by atoms with Gasteiger partial charge in [-0.2, -0.15) is 0 Å². The van der Waals surface area contributed by atoms with Gasteiger partial charge in [0.1, 0.15) is 5.75 Å². The number of nitrogens with zero attached hydrogens (tertiary/aromatic N) is 1. The van der Waals surface area contributed by atoms with E-state index >= 15 is 0 Å². The lowest BCUT2D eigenvalue weighted by Crippen LogP contribution is -2.29. The average molecular weight is 361 g/mol. The van der Waals surface area contributed by atoms with Crippen LogP contribution < -0.4 is 10.1 Å². The molecule has 0 fully saturated rings. The number of carbonyl (C=O) groups excluding carboxylic acids is 1. The van der Waals surface area contributed by atoms with Crippen LogP contribution in [0.25, 0.3) is 0 Å². The molecule has 132 valence electrons. The minimum atomic E-state index is -0.253. The molecule has 0 saturated heterocycles. The van der Waals surface area contributed by atoms with Gasteiger partial charge in [-0.3, -0.25) is 4.79 Å². The predicted octanol–water partition coefficient (Wildman–Crippen LogP) is 3.97. The summed E-state index contributed by atoms with van der Waals surface area (Å²) in [5, 5.41) is 7.27. The monoisotopic (exact) mass is 360 g/mol. The van der Waals surface area contributed by atoms with Crippen molar-refractivity contribution >= 4 is 23.7 Å². The molecule has 0 saturated carbocycles. The summed E-state index contributed by atoms with van der Waals surface area (Å²) in [6, 6.07) is 14.6. The van der Waals surface area contributed by atoms with Crippen molar-refractivity contribution in [3.8, 4) is 5.75 Å². The molecular weight excluding hydrogens is 340 g/mol. The molecule has 6 heteroatoms. The van der Waals surface area contributed by atoms with Gasteiger partial charge in [-0.1, -0.05) is 28.9 Å². The van der Waals surface area contributed by atoms with Gasteiger partial charge in [-0.25, -0.2) is 0 Å². The highest BCUT2D eigenvalue weighted by molar-refractivity contribution is 6.30. The molecular formula is C19H21ClN2O3. The lowest BCUT2D eigenvalue weighted by Gasteiger charge is -2.14. The SMILES string of the molecule is CCOc1ccc(/C=N/OCC(=O)NC(C)c2cccc(Cl)c2)cc1. The lowest BCUT2D eigenvalue weighted by molar-refractivity contribution is -0.126. The first-order chi connectivity index (χ1) is 12.1. The third-order valence-electron chi connectivity index (χ3n) is 3.39. The molecule has 0 aliphatic carbocycles. The molecule has 2 rings (SSSR count). The van der Waals surface area contributed by atoms with E-state index in [2.05, 4.69) is 10.5 Å². The van der Waals surface area contributed by atoms with Gasteiger partial charge in [0.25, 0.3) is 5.91 Å². The Morgan fingerprint density at radius 2 is 2.04 bits per heavy atom. The highest BCUT2D eigenvalue weighted by atomic mass is 35.5. The van der Waals surface area contributed by atoms with Gasteiger partial charge in [0.15, 0.2) is 6.61 Å². The number of rotatable bonds is 8. The molecule has 2 aromatic rings. The summed E-state index contributed by atoms with van der Waals surface area (Å²) in [5.74, 6) is 0.547. The average Bonchev–Trinajstić information content (AvgIpc) is 2.60. The zero-order valence-electron chi connectivity index (χ0n) is 14.2. The number of benzene rings is 2. The summed E-state index contributed by atoms with van der Waals surface area (Å²) >= 11 is 5.95. The molecule has 1 atom stereocenters. The molecule has 0 aliphatic rings. The lowest BCUT2D eigenvalue weighted by atomic mass is 10.1. The van der Waals surface area contributed by atoms with Crippen molar-refractivity contribution in [1.82, 2.24) is 5.32 Å². The fourth-order valence-electron chi connectivity index (χ4n) is 2.15. The third kappa shape index (κ3) is 6.47. The number of ether oxygens (including phenoxy) is 1. The number of hydrogen-bond acceptors (Lipinski definition) is 4. The summed E-state index contributed by atoms with van der Waals surface area (Å²) in [5.41, 5.74) is 1.79. The second kappa shape index (κ2) is 9.69. The molecule has 2 aromatic carbocycles. The summed E-state index contributed by atoms with van der Waals surface area (Å²) in [6.07, 6.45) is 1.55. The topological polar surface area (TPSA) is 59.9 Å². The van der Waals surface area contributed by atoms with E-state index in [1.807, 2.05) is 56.3 Å². The Hall–Kier alpha value is -2.53. The van der Waals surface area contributed by atoms with E-state index in [0.717, 1.165) is 16.9 Å². The summed E-state index contributed by atoms with van der Waals surface area (Å²) in [7, 11) is 0.